The molecule has 1 saturated heterocycles. The summed E-state index contributed by atoms with van der Waals surface area (Å²) < 4.78 is 7.98. The maximum atomic E-state index is 5.83. The highest BCUT2D eigenvalue weighted by molar-refractivity contribution is 5.05. The lowest BCUT2D eigenvalue weighted by Gasteiger charge is -2.34. The number of nitrogens with one attached hydrogen (secondary N) is 1. The zero-order chi connectivity index (χ0) is 13.7. The minimum Gasteiger partial charge on any atom is -0.374 e. The molecule has 1 aromatic heterocycles. The first-order chi connectivity index (χ1) is 9.15. The van der Waals surface area contributed by atoms with Crippen molar-refractivity contribution in [3.05, 3.63) is 24.0 Å². The molecule has 0 spiro atoms. The summed E-state index contributed by atoms with van der Waals surface area (Å²) in [7, 11) is 2.08. The van der Waals surface area contributed by atoms with Gasteiger partial charge in [-0.1, -0.05) is 13.8 Å². The van der Waals surface area contributed by atoms with E-state index < -0.39 is 0 Å². The Morgan fingerprint density at radius 3 is 3.00 bits per heavy atom. The highest BCUT2D eigenvalue weighted by Gasteiger charge is 2.20. The first-order valence-corrected chi connectivity index (χ1v) is 7.30. The summed E-state index contributed by atoms with van der Waals surface area (Å²) in [6, 6.07) is 4.23. The molecule has 1 N–H and O–H groups in total. The van der Waals surface area contributed by atoms with E-state index in [0.717, 1.165) is 38.7 Å². The van der Waals surface area contributed by atoms with Crippen molar-refractivity contribution in [2.24, 2.45) is 13.0 Å². The molecule has 1 aromatic rings. The van der Waals surface area contributed by atoms with E-state index in [1.54, 1.807) is 0 Å². The van der Waals surface area contributed by atoms with Gasteiger partial charge in [-0.15, -0.1) is 0 Å². The quantitative estimate of drug-likeness (QED) is 0.844. The van der Waals surface area contributed by atoms with Gasteiger partial charge in [-0.3, -0.25) is 4.90 Å². The topological polar surface area (TPSA) is 29.4 Å². The Hall–Kier alpha value is -0.840. The van der Waals surface area contributed by atoms with Crippen molar-refractivity contribution < 1.29 is 4.74 Å². The van der Waals surface area contributed by atoms with Crippen molar-refractivity contribution >= 4 is 0 Å². The van der Waals surface area contributed by atoms with E-state index in [1.165, 1.54) is 12.2 Å². The second-order valence-electron chi connectivity index (χ2n) is 5.89. The van der Waals surface area contributed by atoms with Gasteiger partial charge in [-0.2, -0.15) is 0 Å². The van der Waals surface area contributed by atoms with E-state index >= 15 is 0 Å². The van der Waals surface area contributed by atoms with Gasteiger partial charge in [-0.25, -0.2) is 0 Å². The summed E-state index contributed by atoms with van der Waals surface area (Å²) in [5.41, 5.74) is 1.31. The van der Waals surface area contributed by atoms with Gasteiger partial charge in [-0.05, 0) is 18.1 Å². The molecule has 1 aliphatic rings. The van der Waals surface area contributed by atoms with E-state index in [2.05, 4.69) is 54.0 Å². The van der Waals surface area contributed by atoms with Crippen LogP contribution in [0.2, 0.25) is 0 Å². The maximum Gasteiger partial charge on any atom is 0.0826 e. The Kier molecular flexibility index (Phi) is 5.43. The van der Waals surface area contributed by atoms with Gasteiger partial charge in [0.1, 0.15) is 0 Å². The van der Waals surface area contributed by atoms with Gasteiger partial charge in [0.25, 0.3) is 0 Å². The van der Waals surface area contributed by atoms with E-state index in [1.807, 2.05) is 0 Å². The molecule has 19 heavy (non-hydrogen) atoms. The summed E-state index contributed by atoms with van der Waals surface area (Å²) in [6.45, 7) is 10.6. The third-order valence-electron chi connectivity index (χ3n) is 3.58. The number of morpholine rings is 1. The number of nitrogens with zero attached hydrogens (tertiary/aromatic N) is 2. The maximum absolute atomic E-state index is 5.83. The minimum absolute atomic E-state index is 0.327. The molecule has 1 unspecified atom stereocenters. The average molecular weight is 265 g/mol. The number of aromatic nitrogens is 1. The molecule has 1 fully saturated rings. The van der Waals surface area contributed by atoms with Crippen molar-refractivity contribution in [3.63, 3.8) is 0 Å². The fourth-order valence-electron chi connectivity index (χ4n) is 2.63. The highest BCUT2D eigenvalue weighted by Crippen LogP contribution is 2.07. The number of hydrogen-bond acceptors (Lipinski definition) is 3. The normalized spacial score (nSPS) is 21.2. The van der Waals surface area contributed by atoms with Crippen molar-refractivity contribution in [1.82, 2.24) is 14.8 Å². The highest BCUT2D eigenvalue weighted by atomic mass is 16.5. The number of hydrogen-bond donors (Lipinski definition) is 1. The van der Waals surface area contributed by atoms with Gasteiger partial charge in [0.15, 0.2) is 0 Å². The molecule has 4 heteroatoms. The van der Waals surface area contributed by atoms with Crippen molar-refractivity contribution in [2.45, 2.75) is 26.5 Å². The molecule has 0 saturated carbocycles. The van der Waals surface area contributed by atoms with E-state index in [4.69, 9.17) is 4.74 Å². The van der Waals surface area contributed by atoms with Crippen LogP contribution in [0.4, 0.5) is 0 Å². The molecule has 1 aliphatic heterocycles. The van der Waals surface area contributed by atoms with Crippen molar-refractivity contribution in [1.29, 1.82) is 0 Å². The second-order valence-corrected chi connectivity index (χ2v) is 5.89. The lowest BCUT2D eigenvalue weighted by atomic mass is 10.2. The summed E-state index contributed by atoms with van der Waals surface area (Å²) in [5.74, 6) is 0.732. The van der Waals surface area contributed by atoms with E-state index in [9.17, 15) is 0 Å². The van der Waals surface area contributed by atoms with Crippen LogP contribution >= 0.6 is 0 Å². The third-order valence-corrected chi connectivity index (χ3v) is 3.58. The molecule has 108 valence electrons. The monoisotopic (exact) mass is 265 g/mol. The summed E-state index contributed by atoms with van der Waals surface area (Å²) in [4.78, 5) is 2.52. The fourth-order valence-corrected chi connectivity index (χ4v) is 2.63. The number of aryl methyl sites for hydroxylation is 1. The minimum atomic E-state index is 0.327. The molecule has 0 amide bonds. The van der Waals surface area contributed by atoms with Crippen LogP contribution in [0.3, 0.4) is 0 Å². The lowest BCUT2D eigenvalue weighted by Crippen LogP contribution is -2.47. The molecule has 0 radical (unpaired) electrons. The zero-order valence-corrected chi connectivity index (χ0v) is 12.4. The fraction of sp³-hybridized carbons (Fsp3) is 0.733. The first kappa shape index (κ1) is 14.6. The first-order valence-electron chi connectivity index (χ1n) is 7.30. The van der Waals surface area contributed by atoms with Gasteiger partial charge < -0.3 is 14.6 Å². The van der Waals surface area contributed by atoms with E-state index in [0.29, 0.717) is 6.10 Å². The van der Waals surface area contributed by atoms with Crippen molar-refractivity contribution in [3.8, 4) is 0 Å². The Labute approximate surface area is 116 Å². The van der Waals surface area contributed by atoms with Crippen LogP contribution in [0.1, 0.15) is 19.5 Å². The van der Waals surface area contributed by atoms with Crippen molar-refractivity contribution in [2.75, 3.05) is 32.8 Å². The Morgan fingerprint density at radius 2 is 2.32 bits per heavy atom. The standard InChI is InChI=1S/C15H27N3O/c1-13(2)11-18-7-8-19-15(12-18)10-16-9-14-5-4-6-17(14)3/h4-6,13,15-16H,7-12H2,1-3H3. The van der Waals surface area contributed by atoms with Crippen LogP contribution in [0.25, 0.3) is 0 Å². The predicted molar refractivity (Wildman–Crippen MR) is 78.1 cm³/mol. The second kappa shape index (κ2) is 7.08. The smallest absolute Gasteiger partial charge is 0.0826 e. The third kappa shape index (κ3) is 4.64. The van der Waals surface area contributed by atoms with Crippen LogP contribution in [0.5, 0.6) is 0 Å². The zero-order valence-electron chi connectivity index (χ0n) is 12.4. The van der Waals surface area contributed by atoms with Gasteiger partial charge in [0.05, 0.1) is 12.7 Å². The summed E-state index contributed by atoms with van der Waals surface area (Å²) in [5, 5.41) is 3.50. The molecule has 1 atom stereocenters. The van der Waals surface area contributed by atoms with Crippen LogP contribution in [-0.4, -0.2) is 48.4 Å². The summed E-state index contributed by atoms with van der Waals surface area (Å²) in [6.07, 6.45) is 2.41. The largest absolute Gasteiger partial charge is 0.374 e. The Balaban J connectivity index is 1.69. The molecule has 0 bridgehead atoms. The lowest BCUT2D eigenvalue weighted by molar-refractivity contribution is -0.0304. The SMILES string of the molecule is CC(C)CN1CCOC(CNCc2cccn2C)C1. The Bertz CT molecular complexity index is 375. The van der Waals surface area contributed by atoms with Crippen LogP contribution in [-0.2, 0) is 18.3 Å². The average Bonchev–Trinajstić information content (AvgIpc) is 2.75. The molecule has 4 nitrogen and oxygen atoms in total. The molecular formula is C15H27N3O. The van der Waals surface area contributed by atoms with Gasteiger partial charge >= 0.3 is 0 Å². The molecule has 2 heterocycles. The summed E-state index contributed by atoms with van der Waals surface area (Å²) >= 11 is 0. The molecule has 0 aromatic carbocycles. The van der Waals surface area contributed by atoms with Crippen LogP contribution < -0.4 is 5.32 Å². The van der Waals surface area contributed by atoms with Crippen LogP contribution in [0.15, 0.2) is 18.3 Å². The molecular weight excluding hydrogens is 238 g/mol. The molecule has 0 aliphatic carbocycles. The number of ether oxygens (including phenoxy) is 1. The predicted octanol–water partition coefficient (Wildman–Crippen LogP) is 1.47. The molecule has 2 rings (SSSR count). The Morgan fingerprint density at radius 1 is 1.47 bits per heavy atom. The van der Waals surface area contributed by atoms with Crippen LogP contribution in [0, 0.1) is 5.92 Å². The number of rotatable bonds is 6. The van der Waals surface area contributed by atoms with E-state index in [-0.39, 0.29) is 0 Å². The van der Waals surface area contributed by atoms with Gasteiger partial charge in [0, 0.05) is 51.7 Å². The van der Waals surface area contributed by atoms with Gasteiger partial charge in [0.2, 0.25) is 0 Å².